The van der Waals surface area contributed by atoms with Gasteiger partial charge in [0.05, 0.1) is 18.7 Å². The second-order valence-corrected chi connectivity index (χ2v) is 8.94. The van der Waals surface area contributed by atoms with Crippen molar-refractivity contribution in [1.82, 2.24) is 5.32 Å². The lowest BCUT2D eigenvalue weighted by molar-refractivity contribution is -0.112. The van der Waals surface area contributed by atoms with Crippen LogP contribution in [0.3, 0.4) is 0 Å². The Labute approximate surface area is 182 Å². The van der Waals surface area contributed by atoms with E-state index in [-0.39, 0.29) is 17.6 Å². The van der Waals surface area contributed by atoms with Gasteiger partial charge in [0.15, 0.2) is 0 Å². The van der Waals surface area contributed by atoms with E-state index < -0.39 is 11.6 Å². The standard InChI is InChI=1S/C25H28FN3O2/c1-15(2)21-20-22(28-25(3,4)14-27-21)24(30)29(18-10-12-19(31-5)13-11-18)23(20)16-6-8-17(26)9-7-16/h6-13,15,23,27H,14H2,1-5H3. The number of anilines is 1. The number of carbonyl (C=O) groups is 1. The summed E-state index contributed by atoms with van der Waals surface area (Å²) in [6.07, 6.45) is 0. The molecule has 0 saturated carbocycles. The highest BCUT2D eigenvalue weighted by atomic mass is 19.1. The van der Waals surface area contributed by atoms with E-state index in [0.717, 1.165) is 22.5 Å². The van der Waals surface area contributed by atoms with E-state index >= 15 is 0 Å². The zero-order valence-electron chi connectivity index (χ0n) is 18.6. The molecule has 2 aliphatic rings. The highest BCUT2D eigenvalue weighted by molar-refractivity contribution is 6.53. The van der Waals surface area contributed by atoms with Crippen LogP contribution in [0.5, 0.6) is 5.75 Å². The van der Waals surface area contributed by atoms with E-state index in [0.29, 0.717) is 18.0 Å². The molecule has 5 nitrogen and oxygen atoms in total. The highest BCUT2D eigenvalue weighted by Gasteiger charge is 2.46. The minimum absolute atomic E-state index is 0.149. The first kappa shape index (κ1) is 21.1. The molecule has 1 N–H and O–H groups in total. The summed E-state index contributed by atoms with van der Waals surface area (Å²) in [6.45, 7) is 8.88. The number of fused-ring (bicyclic) bond motifs is 1. The van der Waals surface area contributed by atoms with Gasteiger partial charge in [-0.3, -0.25) is 14.7 Å². The number of methoxy groups -OCH3 is 1. The van der Waals surface area contributed by atoms with Gasteiger partial charge in [-0.25, -0.2) is 4.39 Å². The molecule has 0 spiro atoms. The fourth-order valence-corrected chi connectivity index (χ4v) is 4.22. The third kappa shape index (κ3) is 3.82. The van der Waals surface area contributed by atoms with Crippen LogP contribution in [0.2, 0.25) is 0 Å². The summed E-state index contributed by atoms with van der Waals surface area (Å²) >= 11 is 0. The summed E-state index contributed by atoms with van der Waals surface area (Å²) in [6, 6.07) is 13.4. The average molecular weight is 422 g/mol. The number of rotatable bonds is 4. The molecule has 1 saturated heterocycles. The summed E-state index contributed by atoms with van der Waals surface area (Å²) in [5.74, 6) is 0.423. The van der Waals surface area contributed by atoms with E-state index in [2.05, 4.69) is 19.2 Å². The molecule has 0 aromatic heterocycles. The number of hydrogen-bond acceptors (Lipinski definition) is 4. The summed E-state index contributed by atoms with van der Waals surface area (Å²) in [5.41, 5.74) is 3.49. The topological polar surface area (TPSA) is 53.9 Å². The van der Waals surface area contributed by atoms with Crippen LogP contribution in [0.1, 0.15) is 39.3 Å². The van der Waals surface area contributed by atoms with Gasteiger partial charge in [-0.2, -0.15) is 0 Å². The molecule has 31 heavy (non-hydrogen) atoms. The van der Waals surface area contributed by atoms with Crippen LogP contribution in [0.15, 0.2) is 64.8 Å². The fourth-order valence-electron chi connectivity index (χ4n) is 4.22. The Morgan fingerprint density at radius 1 is 1.13 bits per heavy atom. The lowest BCUT2D eigenvalue weighted by Crippen LogP contribution is -2.35. The van der Waals surface area contributed by atoms with Gasteiger partial charge < -0.3 is 10.1 Å². The normalized spacial score (nSPS) is 20.4. The Morgan fingerprint density at radius 2 is 1.77 bits per heavy atom. The minimum atomic E-state index is -0.434. The van der Waals surface area contributed by atoms with Crippen LogP contribution in [0.4, 0.5) is 10.1 Å². The molecule has 0 radical (unpaired) electrons. The monoisotopic (exact) mass is 421 g/mol. The van der Waals surface area contributed by atoms with E-state index in [1.807, 2.05) is 38.1 Å². The van der Waals surface area contributed by atoms with Crippen molar-refractivity contribution in [3.05, 3.63) is 71.2 Å². The third-order valence-corrected chi connectivity index (χ3v) is 5.74. The molecule has 0 bridgehead atoms. The number of nitrogens with zero attached hydrogens (tertiary/aromatic N) is 2. The van der Waals surface area contributed by atoms with Crippen molar-refractivity contribution in [2.75, 3.05) is 18.6 Å². The Kier molecular flexibility index (Phi) is 5.33. The maximum Gasteiger partial charge on any atom is 0.277 e. The van der Waals surface area contributed by atoms with Gasteiger partial charge in [-0.05, 0) is 61.7 Å². The summed E-state index contributed by atoms with van der Waals surface area (Å²) in [4.78, 5) is 20.4. The molecule has 6 heteroatoms. The van der Waals surface area contributed by atoms with Gasteiger partial charge in [-0.15, -0.1) is 0 Å². The number of hydrogen-bond donors (Lipinski definition) is 1. The number of amides is 1. The zero-order chi connectivity index (χ0) is 22.3. The van der Waals surface area contributed by atoms with Crippen LogP contribution < -0.4 is 15.0 Å². The maximum atomic E-state index is 13.8. The first-order valence-electron chi connectivity index (χ1n) is 10.5. The molecule has 1 unspecified atom stereocenters. The summed E-state index contributed by atoms with van der Waals surface area (Å²) < 4.78 is 19.0. The highest BCUT2D eigenvalue weighted by Crippen LogP contribution is 2.43. The SMILES string of the molecule is COc1ccc(N2C(=O)C3=NC(C)(C)CNC(C(C)C)=C3C2c2ccc(F)cc2)cc1. The van der Waals surface area contributed by atoms with Crippen molar-refractivity contribution < 1.29 is 13.9 Å². The minimum Gasteiger partial charge on any atom is -0.497 e. The molecule has 1 fully saturated rings. The Hall–Kier alpha value is -3.15. The van der Waals surface area contributed by atoms with Gasteiger partial charge in [0.25, 0.3) is 5.91 Å². The zero-order valence-corrected chi connectivity index (χ0v) is 18.6. The van der Waals surface area contributed by atoms with Crippen molar-refractivity contribution in [2.24, 2.45) is 10.9 Å². The predicted octanol–water partition coefficient (Wildman–Crippen LogP) is 4.66. The molecular weight excluding hydrogens is 393 g/mol. The van der Waals surface area contributed by atoms with Crippen LogP contribution >= 0.6 is 0 Å². The molecule has 2 heterocycles. The average Bonchev–Trinajstić information content (AvgIpc) is 2.91. The fraction of sp³-hybridized carbons (Fsp3) is 0.360. The summed E-state index contributed by atoms with van der Waals surface area (Å²) in [5, 5.41) is 3.56. The second-order valence-electron chi connectivity index (χ2n) is 8.94. The van der Waals surface area contributed by atoms with Crippen molar-refractivity contribution in [3.63, 3.8) is 0 Å². The van der Waals surface area contributed by atoms with Crippen molar-refractivity contribution in [3.8, 4) is 5.75 Å². The Balaban J connectivity index is 1.97. The number of ether oxygens (including phenoxy) is 1. The lowest BCUT2D eigenvalue weighted by atomic mass is 9.92. The van der Waals surface area contributed by atoms with Crippen molar-refractivity contribution in [2.45, 2.75) is 39.3 Å². The second kappa shape index (κ2) is 7.84. The molecule has 1 atom stereocenters. The quantitative estimate of drug-likeness (QED) is 0.782. The number of nitrogens with one attached hydrogen (secondary N) is 1. The Bertz CT molecular complexity index is 1050. The largest absolute Gasteiger partial charge is 0.497 e. The Morgan fingerprint density at radius 3 is 2.35 bits per heavy atom. The summed E-state index contributed by atoms with van der Waals surface area (Å²) in [7, 11) is 1.61. The molecule has 2 aliphatic heterocycles. The van der Waals surface area contributed by atoms with E-state index in [4.69, 9.17) is 9.73 Å². The van der Waals surface area contributed by atoms with Gasteiger partial charge in [0.2, 0.25) is 0 Å². The first-order chi connectivity index (χ1) is 14.7. The predicted molar refractivity (Wildman–Crippen MR) is 121 cm³/mol. The van der Waals surface area contributed by atoms with Crippen LogP contribution in [-0.2, 0) is 4.79 Å². The van der Waals surface area contributed by atoms with Crippen molar-refractivity contribution >= 4 is 17.3 Å². The number of aliphatic imine (C=N–C) groups is 1. The first-order valence-corrected chi connectivity index (χ1v) is 10.5. The van der Waals surface area contributed by atoms with Gasteiger partial charge in [-0.1, -0.05) is 26.0 Å². The molecule has 1 amide bonds. The number of benzene rings is 2. The molecule has 4 rings (SSSR count). The molecule has 2 aromatic rings. The van der Waals surface area contributed by atoms with E-state index in [1.54, 1.807) is 24.1 Å². The van der Waals surface area contributed by atoms with E-state index in [9.17, 15) is 9.18 Å². The number of carbonyl (C=O) groups excluding carboxylic acids is 1. The number of allylic oxidation sites excluding steroid dienone is 1. The number of halogens is 1. The molecule has 0 aliphatic carbocycles. The third-order valence-electron chi connectivity index (χ3n) is 5.74. The van der Waals surface area contributed by atoms with Crippen LogP contribution in [0.25, 0.3) is 0 Å². The van der Waals surface area contributed by atoms with E-state index in [1.165, 1.54) is 12.1 Å². The molecule has 2 aromatic carbocycles. The maximum absolute atomic E-state index is 13.8. The smallest absolute Gasteiger partial charge is 0.277 e. The molecule has 162 valence electrons. The van der Waals surface area contributed by atoms with Crippen LogP contribution in [0, 0.1) is 11.7 Å². The van der Waals surface area contributed by atoms with Crippen LogP contribution in [-0.4, -0.2) is 30.8 Å². The van der Waals surface area contributed by atoms with Crippen molar-refractivity contribution in [1.29, 1.82) is 0 Å². The van der Waals surface area contributed by atoms with Gasteiger partial charge in [0, 0.05) is 23.5 Å². The molecular formula is C25H28FN3O2. The van der Waals surface area contributed by atoms with Gasteiger partial charge in [0.1, 0.15) is 17.3 Å². The van der Waals surface area contributed by atoms with Gasteiger partial charge >= 0.3 is 0 Å². The lowest BCUT2D eigenvalue weighted by Gasteiger charge is -2.28.